The SMILES string of the molecule is CNc1ccc(Cc2ccc(OC)c(-c3cccc(Cl)c3)c2)cc1.Cl. The number of ether oxygens (including phenoxy) is 1. The van der Waals surface area contributed by atoms with E-state index in [0.717, 1.165) is 34.0 Å². The number of anilines is 1. The van der Waals surface area contributed by atoms with Gasteiger partial charge in [-0.05, 0) is 59.5 Å². The Morgan fingerprint density at radius 1 is 0.920 bits per heavy atom. The second-order valence-corrected chi connectivity index (χ2v) is 6.11. The van der Waals surface area contributed by atoms with Gasteiger partial charge in [-0.25, -0.2) is 0 Å². The second-order valence-electron chi connectivity index (χ2n) is 5.67. The Morgan fingerprint density at radius 3 is 2.28 bits per heavy atom. The molecule has 2 nitrogen and oxygen atoms in total. The monoisotopic (exact) mass is 373 g/mol. The molecule has 0 radical (unpaired) electrons. The van der Waals surface area contributed by atoms with Gasteiger partial charge in [0.25, 0.3) is 0 Å². The molecule has 0 unspecified atom stereocenters. The molecular formula is C21H21Cl2NO. The van der Waals surface area contributed by atoms with E-state index in [4.69, 9.17) is 16.3 Å². The molecule has 3 aromatic carbocycles. The number of benzene rings is 3. The first-order chi connectivity index (χ1) is 11.7. The van der Waals surface area contributed by atoms with Crippen LogP contribution in [0.1, 0.15) is 11.1 Å². The third-order valence-electron chi connectivity index (χ3n) is 4.05. The number of hydrogen-bond acceptors (Lipinski definition) is 2. The van der Waals surface area contributed by atoms with Gasteiger partial charge in [-0.1, -0.05) is 41.9 Å². The third kappa shape index (κ3) is 4.68. The van der Waals surface area contributed by atoms with Gasteiger partial charge in [0, 0.05) is 23.3 Å². The minimum absolute atomic E-state index is 0. The highest BCUT2D eigenvalue weighted by molar-refractivity contribution is 6.30. The van der Waals surface area contributed by atoms with E-state index in [0.29, 0.717) is 0 Å². The third-order valence-corrected chi connectivity index (χ3v) is 4.29. The van der Waals surface area contributed by atoms with Crippen LogP contribution in [0.4, 0.5) is 5.69 Å². The van der Waals surface area contributed by atoms with Gasteiger partial charge in [0.05, 0.1) is 7.11 Å². The summed E-state index contributed by atoms with van der Waals surface area (Å²) in [6.45, 7) is 0. The molecule has 0 fully saturated rings. The molecule has 0 aliphatic rings. The van der Waals surface area contributed by atoms with Crippen LogP contribution in [0.5, 0.6) is 5.75 Å². The summed E-state index contributed by atoms with van der Waals surface area (Å²) in [4.78, 5) is 0. The van der Waals surface area contributed by atoms with Crippen molar-refractivity contribution in [3.63, 3.8) is 0 Å². The molecule has 4 heteroatoms. The molecule has 0 saturated heterocycles. The average Bonchev–Trinajstić information content (AvgIpc) is 2.62. The fourth-order valence-electron chi connectivity index (χ4n) is 2.77. The molecule has 0 aliphatic carbocycles. The molecular weight excluding hydrogens is 353 g/mol. The molecule has 0 bridgehead atoms. The van der Waals surface area contributed by atoms with E-state index in [1.54, 1.807) is 7.11 Å². The quantitative estimate of drug-likeness (QED) is 0.585. The Kier molecular flexibility index (Phi) is 6.74. The van der Waals surface area contributed by atoms with Crippen molar-refractivity contribution in [3.8, 4) is 16.9 Å². The summed E-state index contributed by atoms with van der Waals surface area (Å²) < 4.78 is 5.52. The van der Waals surface area contributed by atoms with Crippen LogP contribution in [0.2, 0.25) is 5.02 Å². The molecule has 3 rings (SSSR count). The molecule has 0 saturated carbocycles. The zero-order valence-electron chi connectivity index (χ0n) is 14.3. The van der Waals surface area contributed by atoms with Crippen LogP contribution in [0.25, 0.3) is 11.1 Å². The number of rotatable bonds is 5. The standard InChI is InChI=1S/C21H20ClNO.ClH/c1-23-19-9-6-15(7-10-19)12-16-8-11-21(24-2)20(13-16)17-4-3-5-18(22)14-17;/h3-11,13-14,23H,12H2,1-2H3;1H. The van der Waals surface area contributed by atoms with E-state index >= 15 is 0 Å². The predicted octanol–water partition coefficient (Wildman–Crippen LogP) is 6.07. The largest absolute Gasteiger partial charge is 0.496 e. The Hall–Kier alpha value is -2.16. The molecule has 0 aromatic heterocycles. The Bertz CT molecular complexity index is 832. The van der Waals surface area contributed by atoms with Crippen LogP contribution < -0.4 is 10.1 Å². The zero-order chi connectivity index (χ0) is 16.9. The highest BCUT2D eigenvalue weighted by atomic mass is 35.5. The van der Waals surface area contributed by atoms with E-state index in [1.165, 1.54) is 11.1 Å². The maximum absolute atomic E-state index is 6.14. The smallest absolute Gasteiger partial charge is 0.126 e. The van der Waals surface area contributed by atoms with Crippen molar-refractivity contribution in [2.75, 3.05) is 19.5 Å². The van der Waals surface area contributed by atoms with Gasteiger partial charge in [-0.3, -0.25) is 0 Å². The van der Waals surface area contributed by atoms with Gasteiger partial charge in [0.15, 0.2) is 0 Å². The van der Waals surface area contributed by atoms with Gasteiger partial charge in [0.1, 0.15) is 5.75 Å². The summed E-state index contributed by atoms with van der Waals surface area (Å²) in [5.41, 5.74) is 5.75. The van der Waals surface area contributed by atoms with Crippen molar-refractivity contribution in [2.45, 2.75) is 6.42 Å². The van der Waals surface area contributed by atoms with Crippen LogP contribution in [-0.4, -0.2) is 14.2 Å². The average molecular weight is 374 g/mol. The first kappa shape index (κ1) is 19.2. The second kappa shape index (κ2) is 8.80. The molecule has 0 aliphatic heterocycles. The number of nitrogens with one attached hydrogen (secondary N) is 1. The van der Waals surface area contributed by atoms with Crippen molar-refractivity contribution in [1.29, 1.82) is 0 Å². The zero-order valence-corrected chi connectivity index (χ0v) is 15.8. The minimum Gasteiger partial charge on any atom is -0.496 e. The highest BCUT2D eigenvalue weighted by Gasteiger charge is 2.08. The van der Waals surface area contributed by atoms with E-state index in [9.17, 15) is 0 Å². The van der Waals surface area contributed by atoms with Gasteiger partial charge >= 0.3 is 0 Å². The molecule has 130 valence electrons. The first-order valence-corrected chi connectivity index (χ1v) is 8.27. The lowest BCUT2D eigenvalue weighted by molar-refractivity contribution is 0.416. The summed E-state index contributed by atoms with van der Waals surface area (Å²) in [5, 5.41) is 3.86. The fraction of sp³-hybridized carbons (Fsp3) is 0.143. The highest BCUT2D eigenvalue weighted by Crippen LogP contribution is 2.33. The normalized spacial score (nSPS) is 10.0. The molecule has 0 heterocycles. The number of hydrogen-bond donors (Lipinski definition) is 1. The van der Waals surface area contributed by atoms with Gasteiger partial charge in [0.2, 0.25) is 0 Å². The van der Waals surface area contributed by atoms with E-state index in [2.05, 4.69) is 47.8 Å². The van der Waals surface area contributed by atoms with Gasteiger partial charge < -0.3 is 10.1 Å². The molecule has 0 spiro atoms. The number of halogens is 2. The maximum Gasteiger partial charge on any atom is 0.126 e. The Balaban J connectivity index is 0.00000225. The van der Waals surface area contributed by atoms with Crippen molar-refractivity contribution < 1.29 is 4.74 Å². The van der Waals surface area contributed by atoms with E-state index in [1.807, 2.05) is 31.3 Å². The van der Waals surface area contributed by atoms with Gasteiger partial charge in [-0.2, -0.15) is 0 Å². The van der Waals surface area contributed by atoms with Crippen LogP contribution in [0.3, 0.4) is 0 Å². The van der Waals surface area contributed by atoms with Gasteiger partial charge in [-0.15, -0.1) is 12.4 Å². The first-order valence-electron chi connectivity index (χ1n) is 7.89. The molecule has 3 aromatic rings. The molecule has 0 atom stereocenters. The van der Waals surface area contributed by atoms with Crippen LogP contribution in [-0.2, 0) is 6.42 Å². The summed E-state index contributed by atoms with van der Waals surface area (Å²) in [7, 11) is 3.62. The lowest BCUT2D eigenvalue weighted by atomic mass is 9.98. The van der Waals surface area contributed by atoms with E-state index in [-0.39, 0.29) is 12.4 Å². The lowest BCUT2D eigenvalue weighted by Crippen LogP contribution is -1.94. The van der Waals surface area contributed by atoms with Crippen LogP contribution in [0, 0.1) is 0 Å². The van der Waals surface area contributed by atoms with E-state index < -0.39 is 0 Å². The molecule has 25 heavy (non-hydrogen) atoms. The maximum atomic E-state index is 6.14. The minimum atomic E-state index is 0. The summed E-state index contributed by atoms with van der Waals surface area (Å²) in [6.07, 6.45) is 0.877. The lowest BCUT2D eigenvalue weighted by Gasteiger charge is -2.12. The van der Waals surface area contributed by atoms with Crippen molar-refractivity contribution in [2.24, 2.45) is 0 Å². The fourth-order valence-corrected chi connectivity index (χ4v) is 2.96. The Labute approximate surface area is 160 Å². The predicted molar refractivity (Wildman–Crippen MR) is 109 cm³/mol. The van der Waals surface area contributed by atoms with Crippen molar-refractivity contribution >= 4 is 29.7 Å². The topological polar surface area (TPSA) is 21.3 Å². The van der Waals surface area contributed by atoms with Crippen molar-refractivity contribution in [3.05, 3.63) is 82.9 Å². The summed E-state index contributed by atoms with van der Waals surface area (Å²) in [5.74, 6) is 0.853. The van der Waals surface area contributed by atoms with Crippen LogP contribution >= 0.6 is 24.0 Å². The van der Waals surface area contributed by atoms with Crippen LogP contribution in [0.15, 0.2) is 66.7 Å². The summed E-state index contributed by atoms with van der Waals surface area (Å²) in [6, 6.07) is 22.6. The Morgan fingerprint density at radius 2 is 1.64 bits per heavy atom. The summed E-state index contributed by atoms with van der Waals surface area (Å²) >= 11 is 6.14. The van der Waals surface area contributed by atoms with Crippen molar-refractivity contribution in [1.82, 2.24) is 0 Å². The molecule has 1 N–H and O–H groups in total. The molecule has 0 amide bonds. The number of methoxy groups -OCH3 is 1.